The molecule has 0 radical (unpaired) electrons. The minimum absolute atomic E-state index is 0.188. The number of aromatic nitrogens is 2. The molecule has 7 nitrogen and oxygen atoms in total. The molecule has 0 aliphatic heterocycles. The summed E-state index contributed by atoms with van der Waals surface area (Å²) >= 11 is 1.09. The van der Waals surface area contributed by atoms with Crippen molar-refractivity contribution in [2.24, 2.45) is 0 Å². The van der Waals surface area contributed by atoms with Crippen LogP contribution in [-0.4, -0.2) is 34.1 Å². The Kier molecular flexibility index (Phi) is 6.70. The smallest absolute Gasteiger partial charge is 0.280 e. The zero-order chi connectivity index (χ0) is 22.6. The molecule has 3 rings (SSSR count). The van der Waals surface area contributed by atoms with Crippen molar-refractivity contribution < 1.29 is 14.3 Å². The Morgan fingerprint density at radius 1 is 1.06 bits per heavy atom. The highest BCUT2D eigenvalue weighted by atomic mass is 32.1. The van der Waals surface area contributed by atoms with Gasteiger partial charge in [-0.15, -0.1) is 5.10 Å². The van der Waals surface area contributed by atoms with E-state index in [0.29, 0.717) is 17.0 Å². The highest BCUT2D eigenvalue weighted by molar-refractivity contribution is 7.03. The summed E-state index contributed by atoms with van der Waals surface area (Å²) in [5.74, 6) is -0.0343. The van der Waals surface area contributed by atoms with Crippen LogP contribution in [0.1, 0.15) is 48.4 Å². The summed E-state index contributed by atoms with van der Waals surface area (Å²) < 4.78 is 9.08. The molecule has 0 bridgehead atoms. The van der Waals surface area contributed by atoms with Gasteiger partial charge in [-0.1, -0.05) is 34.3 Å². The van der Waals surface area contributed by atoms with Gasteiger partial charge in [-0.3, -0.25) is 14.5 Å². The van der Waals surface area contributed by atoms with Gasteiger partial charge in [0, 0.05) is 16.6 Å². The molecule has 31 heavy (non-hydrogen) atoms. The van der Waals surface area contributed by atoms with E-state index < -0.39 is 17.5 Å². The number of ether oxygens (including phenoxy) is 1. The molecule has 1 N–H and O–H groups in total. The predicted molar refractivity (Wildman–Crippen MR) is 122 cm³/mol. The van der Waals surface area contributed by atoms with E-state index in [2.05, 4.69) is 14.9 Å². The van der Waals surface area contributed by atoms with Gasteiger partial charge in [-0.2, -0.15) is 0 Å². The standard InChI is InChI=1S/C23H26N4O3S/c1-15-6-10-17(11-7-15)27(22(29)19-14-31-26-25-19)20(21(28)24-23(2,3)4)16-8-12-18(30-5)13-9-16/h6-14,20H,1-5H3,(H,24,28). The number of nitrogens with one attached hydrogen (secondary N) is 1. The lowest BCUT2D eigenvalue weighted by molar-refractivity contribution is -0.123. The molecule has 2 aromatic carbocycles. The topological polar surface area (TPSA) is 84.4 Å². The average molecular weight is 439 g/mol. The van der Waals surface area contributed by atoms with E-state index in [1.54, 1.807) is 36.8 Å². The highest BCUT2D eigenvalue weighted by Gasteiger charge is 2.35. The molecule has 1 aromatic heterocycles. The molecule has 0 aliphatic carbocycles. The number of rotatable bonds is 6. The second-order valence-electron chi connectivity index (χ2n) is 8.22. The van der Waals surface area contributed by atoms with Crippen LogP contribution in [-0.2, 0) is 4.79 Å². The zero-order valence-electron chi connectivity index (χ0n) is 18.2. The van der Waals surface area contributed by atoms with Crippen molar-refractivity contribution in [3.05, 3.63) is 70.7 Å². The van der Waals surface area contributed by atoms with Gasteiger partial charge in [-0.25, -0.2) is 0 Å². The summed E-state index contributed by atoms with van der Waals surface area (Å²) in [7, 11) is 1.58. The van der Waals surface area contributed by atoms with Crippen molar-refractivity contribution in [3.63, 3.8) is 0 Å². The Morgan fingerprint density at radius 2 is 1.71 bits per heavy atom. The van der Waals surface area contributed by atoms with Crippen LogP contribution in [0.5, 0.6) is 5.75 Å². The quantitative estimate of drug-likeness (QED) is 0.625. The molecule has 1 atom stereocenters. The van der Waals surface area contributed by atoms with Gasteiger partial charge >= 0.3 is 0 Å². The monoisotopic (exact) mass is 438 g/mol. The fourth-order valence-electron chi connectivity index (χ4n) is 3.11. The van der Waals surface area contributed by atoms with Gasteiger partial charge in [-0.05, 0) is 69.1 Å². The van der Waals surface area contributed by atoms with E-state index in [4.69, 9.17) is 4.74 Å². The largest absolute Gasteiger partial charge is 0.497 e. The van der Waals surface area contributed by atoms with Crippen LogP contribution in [0.2, 0.25) is 0 Å². The Balaban J connectivity index is 2.16. The number of methoxy groups -OCH3 is 1. The minimum Gasteiger partial charge on any atom is -0.497 e. The molecule has 0 spiro atoms. The number of hydrogen-bond donors (Lipinski definition) is 1. The number of carbonyl (C=O) groups is 2. The predicted octanol–water partition coefficient (Wildman–Crippen LogP) is 4.16. The lowest BCUT2D eigenvalue weighted by Crippen LogP contribution is -2.49. The van der Waals surface area contributed by atoms with E-state index >= 15 is 0 Å². The number of aryl methyl sites for hydroxylation is 1. The van der Waals surface area contributed by atoms with Crippen molar-refractivity contribution in [3.8, 4) is 5.75 Å². The summed E-state index contributed by atoms with van der Waals surface area (Å²) in [5.41, 5.74) is 2.00. The first-order chi connectivity index (χ1) is 14.7. The Labute approximate surface area is 186 Å². The second-order valence-corrected chi connectivity index (χ2v) is 8.83. The molecule has 0 saturated heterocycles. The molecule has 0 fully saturated rings. The first-order valence-corrected chi connectivity index (χ1v) is 10.7. The van der Waals surface area contributed by atoms with Crippen LogP contribution in [0, 0.1) is 6.92 Å². The van der Waals surface area contributed by atoms with Crippen molar-refractivity contribution in [2.45, 2.75) is 39.3 Å². The third-order valence-electron chi connectivity index (χ3n) is 4.55. The van der Waals surface area contributed by atoms with Crippen molar-refractivity contribution in [1.82, 2.24) is 14.9 Å². The normalized spacial score (nSPS) is 12.2. The molecule has 0 aliphatic rings. The number of nitrogens with zero attached hydrogens (tertiary/aromatic N) is 3. The molecule has 162 valence electrons. The fourth-order valence-corrected chi connectivity index (χ4v) is 3.54. The van der Waals surface area contributed by atoms with Gasteiger partial charge in [0.25, 0.3) is 5.91 Å². The van der Waals surface area contributed by atoms with Crippen LogP contribution in [0.15, 0.2) is 53.9 Å². The summed E-state index contributed by atoms with van der Waals surface area (Å²) in [6, 6.07) is 13.7. The van der Waals surface area contributed by atoms with Crippen LogP contribution in [0.25, 0.3) is 0 Å². The molecular formula is C23H26N4O3S. The van der Waals surface area contributed by atoms with E-state index in [-0.39, 0.29) is 11.6 Å². The first kappa shape index (κ1) is 22.4. The third-order valence-corrected chi connectivity index (χ3v) is 5.05. The summed E-state index contributed by atoms with van der Waals surface area (Å²) in [6.45, 7) is 7.67. The van der Waals surface area contributed by atoms with Crippen LogP contribution >= 0.6 is 11.5 Å². The molecule has 3 aromatic rings. The van der Waals surface area contributed by atoms with Gasteiger partial charge < -0.3 is 10.1 Å². The van der Waals surface area contributed by atoms with Crippen LogP contribution in [0.4, 0.5) is 5.69 Å². The molecule has 1 heterocycles. The fraction of sp³-hybridized carbons (Fsp3) is 0.304. The maximum atomic E-state index is 13.5. The molecule has 8 heteroatoms. The second kappa shape index (κ2) is 9.26. The maximum Gasteiger partial charge on any atom is 0.280 e. The molecular weight excluding hydrogens is 412 g/mol. The lowest BCUT2D eigenvalue weighted by Gasteiger charge is -2.33. The summed E-state index contributed by atoms with van der Waals surface area (Å²) in [4.78, 5) is 28.5. The first-order valence-electron chi connectivity index (χ1n) is 9.83. The minimum atomic E-state index is -0.915. The summed E-state index contributed by atoms with van der Waals surface area (Å²) in [5, 5.41) is 8.53. The van der Waals surface area contributed by atoms with Crippen LogP contribution < -0.4 is 15.0 Å². The number of hydrogen-bond acceptors (Lipinski definition) is 6. The Morgan fingerprint density at radius 3 is 2.23 bits per heavy atom. The van der Waals surface area contributed by atoms with Gasteiger partial charge in [0.05, 0.1) is 7.11 Å². The SMILES string of the molecule is COc1ccc(C(C(=O)NC(C)(C)C)N(C(=O)c2csnn2)c2ccc(C)cc2)cc1. The van der Waals surface area contributed by atoms with Gasteiger partial charge in [0.1, 0.15) is 11.8 Å². The number of anilines is 1. The van der Waals surface area contributed by atoms with Crippen molar-refractivity contribution in [2.75, 3.05) is 12.0 Å². The van der Waals surface area contributed by atoms with E-state index in [1.807, 2.05) is 52.0 Å². The lowest BCUT2D eigenvalue weighted by atomic mass is 10.00. The summed E-state index contributed by atoms with van der Waals surface area (Å²) in [6.07, 6.45) is 0. The molecule has 1 unspecified atom stereocenters. The zero-order valence-corrected chi connectivity index (χ0v) is 19.1. The van der Waals surface area contributed by atoms with Crippen molar-refractivity contribution >= 4 is 29.0 Å². The van der Waals surface area contributed by atoms with E-state index in [9.17, 15) is 9.59 Å². The maximum absolute atomic E-state index is 13.5. The van der Waals surface area contributed by atoms with Crippen molar-refractivity contribution in [1.29, 1.82) is 0 Å². The third kappa shape index (κ3) is 5.46. The van der Waals surface area contributed by atoms with E-state index in [0.717, 1.165) is 17.1 Å². The average Bonchev–Trinajstić information content (AvgIpc) is 3.26. The molecule has 0 saturated carbocycles. The highest BCUT2D eigenvalue weighted by Crippen LogP contribution is 2.31. The van der Waals surface area contributed by atoms with Crippen LogP contribution in [0.3, 0.4) is 0 Å². The number of benzene rings is 2. The number of carbonyl (C=O) groups excluding carboxylic acids is 2. The molecule has 2 amide bonds. The van der Waals surface area contributed by atoms with E-state index in [1.165, 1.54) is 4.90 Å². The van der Waals surface area contributed by atoms with Gasteiger partial charge in [0.2, 0.25) is 5.91 Å². The van der Waals surface area contributed by atoms with Gasteiger partial charge in [0.15, 0.2) is 5.69 Å². The Hall–Kier alpha value is -3.26. The Bertz CT molecular complexity index is 1030. The number of amides is 2.